The summed E-state index contributed by atoms with van der Waals surface area (Å²) in [6.07, 6.45) is 1.65. The number of aromatic nitrogens is 1. The summed E-state index contributed by atoms with van der Waals surface area (Å²) in [5, 5.41) is 2.75. The second kappa shape index (κ2) is 5.20. The molecular weight excluding hydrogens is 238 g/mol. The molecule has 0 spiro atoms. The number of nitrogens with one attached hydrogen (secondary N) is 1. The largest absolute Gasteiger partial charge is 0.314 e. The molecule has 4 nitrogen and oxygen atoms in total. The van der Waals surface area contributed by atoms with Gasteiger partial charge in [0, 0.05) is 6.20 Å². The van der Waals surface area contributed by atoms with Crippen LogP contribution in [0.25, 0.3) is 0 Å². The molecule has 0 bridgehead atoms. The molecule has 2 rings (SSSR count). The fourth-order valence-corrected chi connectivity index (χ4v) is 1.77. The summed E-state index contributed by atoms with van der Waals surface area (Å²) in [5.41, 5.74) is 6.83. The standard InChI is InChI=1S/C15H17N3O/c1-11-8-9-17-13(10-11)18-14(19)15(2,16)12-6-4-3-5-7-12/h3-10H,16H2,1-2H3,(H,17,18,19). The molecule has 1 heterocycles. The average molecular weight is 255 g/mol. The van der Waals surface area contributed by atoms with E-state index in [0.29, 0.717) is 5.82 Å². The van der Waals surface area contributed by atoms with Crippen molar-refractivity contribution in [2.75, 3.05) is 5.32 Å². The van der Waals surface area contributed by atoms with Crippen LogP contribution in [-0.4, -0.2) is 10.9 Å². The Morgan fingerprint density at radius 2 is 1.95 bits per heavy atom. The topological polar surface area (TPSA) is 68.0 Å². The van der Waals surface area contributed by atoms with E-state index in [2.05, 4.69) is 10.3 Å². The number of hydrogen-bond acceptors (Lipinski definition) is 3. The average Bonchev–Trinajstić information content (AvgIpc) is 2.39. The number of carbonyl (C=O) groups excluding carboxylic acids is 1. The Morgan fingerprint density at radius 3 is 2.58 bits per heavy atom. The molecule has 1 unspecified atom stereocenters. The fraction of sp³-hybridized carbons (Fsp3) is 0.200. The first kappa shape index (κ1) is 13.2. The number of rotatable bonds is 3. The Bertz CT molecular complexity index is 579. The normalized spacial score (nSPS) is 13.6. The van der Waals surface area contributed by atoms with Crippen molar-refractivity contribution >= 4 is 11.7 Å². The van der Waals surface area contributed by atoms with Crippen LogP contribution in [0.1, 0.15) is 18.1 Å². The van der Waals surface area contributed by atoms with Gasteiger partial charge < -0.3 is 11.1 Å². The molecule has 19 heavy (non-hydrogen) atoms. The zero-order valence-corrected chi connectivity index (χ0v) is 11.1. The van der Waals surface area contributed by atoms with E-state index in [9.17, 15) is 4.79 Å². The van der Waals surface area contributed by atoms with E-state index in [0.717, 1.165) is 11.1 Å². The van der Waals surface area contributed by atoms with E-state index in [1.165, 1.54) is 0 Å². The molecule has 0 radical (unpaired) electrons. The lowest BCUT2D eigenvalue weighted by Crippen LogP contribution is -2.45. The van der Waals surface area contributed by atoms with Gasteiger partial charge in [0.15, 0.2) is 0 Å². The second-order valence-corrected chi connectivity index (χ2v) is 4.74. The van der Waals surface area contributed by atoms with Crippen molar-refractivity contribution in [2.45, 2.75) is 19.4 Å². The van der Waals surface area contributed by atoms with Crippen LogP contribution in [0.2, 0.25) is 0 Å². The van der Waals surface area contributed by atoms with E-state index in [-0.39, 0.29) is 5.91 Å². The first-order valence-electron chi connectivity index (χ1n) is 6.08. The molecule has 1 amide bonds. The minimum Gasteiger partial charge on any atom is -0.314 e. The second-order valence-electron chi connectivity index (χ2n) is 4.74. The number of nitrogens with two attached hydrogens (primary N) is 1. The number of aryl methyl sites for hydroxylation is 1. The van der Waals surface area contributed by atoms with Crippen molar-refractivity contribution in [3.8, 4) is 0 Å². The van der Waals surface area contributed by atoms with Gasteiger partial charge in [-0.3, -0.25) is 4.79 Å². The van der Waals surface area contributed by atoms with Crippen molar-refractivity contribution < 1.29 is 4.79 Å². The molecule has 0 fully saturated rings. The Morgan fingerprint density at radius 1 is 1.26 bits per heavy atom. The number of carbonyl (C=O) groups is 1. The molecule has 98 valence electrons. The van der Waals surface area contributed by atoms with Crippen LogP contribution in [0.4, 0.5) is 5.82 Å². The van der Waals surface area contributed by atoms with Gasteiger partial charge >= 0.3 is 0 Å². The summed E-state index contributed by atoms with van der Waals surface area (Å²) in [4.78, 5) is 16.4. The predicted octanol–water partition coefficient (Wildman–Crippen LogP) is 2.20. The Labute approximate surface area is 112 Å². The molecule has 1 aromatic carbocycles. The Balaban J connectivity index is 2.20. The molecule has 1 atom stereocenters. The first-order chi connectivity index (χ1) is 9.00. The van der Waals surface area contributed by atoms with E-state index < -0.39 is 5.54 Å². The molecule has 0 saturated heterocycles. The van der Waals surface area contributed by atoms with Gasteiger partial charge in [0.2, 0.25) is 5.91 Å². The third kappa shape index (κ3) is 2.98. The molecule has 3 N–H and O–H groups in total. The molecule has 0 aliphatic carbocycles. The van der Waals surface area contributed by atoms with Crippen LogP contribution >= 0.6 is 0 Å². The van der Waals surface area contributed by atoms with E-state index in [1.54, 1.807) is 19.2 Å². The lowest BCUT2D eigenvalue weighted by molar-refractivity contribution is -0.120. The summed E-state index contributed by atoms with van der Waals surface area (Å²) >= 11 is 0. The minimum atomic E-state index is -1.09. The number of benzene rings is 1. The zero-order chi connectivity index (χ0) is 13.9. The molecule has 0 saturated carbocycles. The highest BCUT2D eigenvalue weighted by Gasteiger charge is 2.30. The van der Waals surface area contributed by atoms with Crippen LogP contribution < -0.4 is 11.1 Å². The summed E-state index contributed by atoms with van der Waals surface area (Å²) in [5.74, 6) is 0.231. The number of pyridine rings is 1. The number of nitrogens with zero attached hydrogens (tertiary/aromatic N) is 1. The predicted molar refractivity (Wildman–Crippen MR) is 75.6 cm³/mol. The number of amides is 1. The maximum Gasteiger partial charge on any atom is 0.249 e. The third-order valence-electron chi connectivity index (χ3n) is 3.00. The molecule has 0 aliphatic heterocycles. The summed E-state index contributed by atoms with van der Waals surface area (Å²) in [6, 6.07) is 13.0. The van der Waals surface area contributed by atoms with Crippen LogP contribution in [0.15, 0.2) is 48.7 Å². The number of hydrogen-bond donors (Lipinski definition) is 2. The van der Waals surface area contributed by atoms with Gasteiger partial charge in [-0.25, -0.2) is 4.98 Å². The van der Waals surface area contributed by atoms with Gasteiger partial charge in [-0.05, 0) is 37.1 Å². The summed E-state index contributed by atoms with van der Waals surface area (Å²) < 4.78 is 0. The quantitative estimate of drug-likeness (QED) is 0.883. The maximum atomic E-state index is 12.3. The van der Waals surface area contributed by atoms with Gasteiger partial charge in [-0.1, -0.05) is 30.3 Å². The van der Waals surface area contributed by atoms with Crippen molar-refractivity contribution in [3.63, 3.8) is 0 Å². The monoisotopic (exact) mass is 255 g/mol. The van der Waals surface area contributed by atoms with Gasteiger partial charge in [-0.2, -0.15) is 0 Å². The highest BCUT2D eigenvalue weighted by molar-refractivity contribution is 5.97. The van der Waals surface area contributed by atoms with Crippen LogP contribution in [0.3, 0.4) is 0 Å². The number of anilines is 1. The lowest BCUT2D eigenvalue weighted by atomic mass is 9.92. The molecule has 4 heteroatoms. The van der Waals surface area contributed by atoms with Crippen molar-refractivity contribution in [1.82, 2.24) is 4.98 Å². The van der Waals surface area contributed by atoms with E-state index in [4.69, 9.17) is 5.73 Å². The Kier molecular flexibility index (Phi) is 3.62. The zero-order valence-electron chi connectivity index (χ0n) is 11.1. The highest BCUT2D eigenvalue weighted by atomic mass is 16.2. The molecule has 1 aromatic heterocycles. The molecule has 0 aliphatic rings. The summed E-state index contributed by atoms with van der Waals surface area (Å²) in [6.45, 7) is 3.63. The lowest BCUT2D eigenvalue weighted by Gasteiger charge is -2.23. The molecular formula is C15H17N3O. The van der Waals surface area contributed by atoms with Gasteiger partial charge in [0.25, 0.3) is 0 Å². The maximum absolute atomic E-state index is 12.3. The third-order valence-corrected chi connectivity index (χ3v) is 3.00. The first-order valence-corrected chi connectivity index (χ1v) is 6.08. The Hall–Kier alpha value is -2.20. The minimum absolute atomic E-state index is 0.281. The summed E-state index contributed by atoms with van der Waals surface area (Å²) in [7, 11) is 0. The SMILES string of the molecule is Cc1ccnc(NC(=O)C(C)(N)c2ccccc2)c1. The fourth-order valence-electron chi connectivity index (χ4n) is 1.77. The van der Waals surface area contributed by atoms with Crippen molar-refractivity contribution in [3.05, 3.63) is 59.8 Å². The molecule has 2 aromatic rings. The van der Waals surface area contributed by atoms with Crippen molar-refractivity contribution in [2.24, 2.45) is 5.73 Å². The van der Waals surface area contributed by atoms with Crippen LogP contribution in [0.5, 0.6) is 0 Å². The van der Waals surface area contributed by atoms with Crippen molar-refractivity contribution in [1.29, 1.82) is 0 Å². The van der Waals surface area contributed by atoms with E-state index >= 15 is 0 Å². The smallest absolute Gasteiger partial charge is 0.249 e. The van der Waals surface area contributed by atoms with Gasteiger partial charge in [-0.15, -0.1) is 0 Å². The highest BCUT2D eigenvalue weighted by Crippen LogP contribution is 2.19. The van der Waals surface area contributed by atoms with Gasteiger partial charge in [0.1, 0.15) is 11.4 Å². The van der Waals surface area contributed by atoms with E-state index in [1.807, 2.05) is 43.3 Å². The van der Waals surface area contributed by atoms with Crippen LogP contribution in [0, 0.1) is 6.92 Å². The van der Waals surface area contributed by atoms with Crippen LogP contribution in [-0.2, 0) is 10.3 Å². The van der Waals surface area contributed by atoms with Gasteiger partial charge in [0.05, 0.1) is 0 Å².